The van der Waals surface area contributed by atoms with Gasteiger partial charge in [-0.3, -0.25) is 9.69 Å². The first-order valence-electron chi connectivity index (χ1n) is 7.59. The smallest absolute Gasteiger partial charge is 0.224 e. The molecule has 2 aliphatic rings. The summed E-state index contributed by atoms with van der Waals surface area (Å²) in [5, 5.41) is 4.51. The molecule has 1 N–H and O–H groups in total. The number of piperidine rings is 1. The molecule has 3 rings (SSSR count). The van der Waals surface area contributed by atoms with E-state index in [9.17, 15) is 4.79 Å². The highest BCUT2D eigenvalue weighted by atomic mass is 35.5. The van der Waals surface area contributed by atoms with Crippen LogP contribution in [0.5, 0.6) is 0 Å². The van der Waals surface area contributed by atoms with Crippen molar-refractivity contribution in [1.29, 1.82) is 0 Å². The summed E-state index contributed by atoms with van der Waals surface area (Å²) in [7, 11) is 0. The monoisotopic (exact) mass is 326 g/mol. The normalized spacial score (nSPS) is 23.0. The second kappa shape index (κ2) is 6.55. The third-order valence-corrected chi connectivity index (χ3v) is 4.95. The Balaban J connectivity index is 1.61. The maximum absolute atomic E-state index is 12.2. The number of hydrogen-bond acceptors (Lipinski definition) is 2. The molecule has 1 saturated heterocycles. The lowest BCUT2D eigenvalue weighted by Crippen LogP contribution is -2.43. The number of rotatable bonds is 4. The van der Waals surface area contributed by atoms with E-state index in [0.717, 1.165) is 44.3 Å². The van der Waals surface area contributed by atoms with E-state index in [1.807, 2.05) is 18.2 Å². The predicted octanol–water partition coefficient (Wildman–Crippen LogP) is 3.48. The number of benzene rings is 1. The molecule has 0 bridgehead atoms. The van der Waals surface area contributed by atoms with Gasteiger partial charge in [0.15, 0.2) is 0 Å². The Morgan fingerprint density at radius 2 is 1.95 bits per heavy atom. The van der Waals surface area contributed by atoms with Gasteiger partial charge in [-0.05, 0) is 44.4 Å². The lowest BCUT2D eigenvalue weighted by Gasteiger charge is -2.32. The van der Waals surface area contributed by atoms with E-state index in [4.69, 9.17) is 23.2 Å². The number of likely N-dealkylation sites (tertiary alicyclic amines) is 1. The third kappa shape index (κ3) is 3.91. The first-order chi connectivity index (χ1) is 10.1. The summed E-state index contributed by atoms with van der Waals surface area (Å²) < 4.78 is 0. The van der Waals surface area contributed by atoms with Crippen molar-refractivity contribution in [1.82, 2.24) is 10.2 Å². The summed E-state index contributed by atoms with van der Waals surface area (Å²) in [6.07, 6.45) is 4.30. The third-order valence-electron chi connectivity index (χ3n) is 4.24. The quantitative estimate of drug-likeness (QED) is 0.918. The zero-order valence-corrected chi connectivity index (χ0v) is 13.5. The standard InChI is InChI=1S/C16H20Cl2N2O/c17-14-4-1-5-15(18)13(14)10-20-8-2-3-11(9-20)16(21)19-12-6-7-12/h1,4-5,11-12H,2-3,6-10H2,(H,19,21)/t11-/m0/s1. The molecule has 2 fully saturated rings. The van der Waals surface area contributed by atoms with Crippen molar-refractivity contribution in [2.75, 3.05) is 13.1 Å². The summed E-state index contributed by atoms with van der Waals surface area (Å²) >= 11 is 12.5. The molecule has 1 aromatic rings. The molecule has 21 heavy (non-hydrogen) atoms. The van der Waals surface area contributed by atoms with Gasteiger partial charge in [-0.2, -0.15) is 0 Å². The average Bonchev–Trinajstić information content (AvgIpc) is 3.27. The van der Waals surface area contributed by atoms with Gasteiger partial charge >= 0.3 is 0 Å². The molecule has 1 heterocycles. The lowest BCUT2D eigenvalue weighted by molar-refractivity contribution is -0.126. The fraction of sp³-hybridized carbons (Fsp3) is 0.562. The van der Waals surface area contributed by atoms with Crippen LogP contribution < -0.4 is 5.32 Å². The number of carbonyl (C=O) groups is 1. The van der Waals surface area contributed by atoms with Crippen LogP contribution in [0.15, 0.2) is 18.2 Å². The Labute approximate surface area is 135 Å². The highest BCUT2D eigenvalue weighted by Gasteiger charge is 2.30. The van der Waals surface area contributed by atoms with Gasteiger partial charge in [-0.25, -0.2) is 0 Å². The molecule has 0 unspecified atom stereocenters. The molecule has 1 aromatic carbocycles. The van der Waals surface area contributed by atoms with Crippen LogP contribution in [0.4, 0.5) is 0 Å². The van der Waals surface area contributed by atoms with Gasteiger partial charge in [0.25, 0.3) is 0 Å². The summed E-state index contributed by atoms with van der Waals surface area (Å²) in [5.41, 5.74) is 0.962. The number of nitrogens with zero attached hydrogens (tertiary/aromatic N) is 1. The second-order valence-electron chi connectivity index (χ2n) is 6.06. The van der Waals surface area contributed by atoms with Crippen molar-refractivity contribution >= 4 is 29.1 Å². The summed E-state index contributed by atoms with van der Waals surface area (Å²) in [6.45, 7) is 2.50. The number of nitrogens with one attached hydrogen (secondary N) is 1. The fourth-order valence-corrected chi connectivity index (χ4v) is 3.38. The van der Waals surface area contributed by atoms with E-state index in [0.29, 0.717) is 22.6 Å². The van der Waals surface area contributed by atoms with E-state index < -0.39 is 0 Å². The molecule has 0 aromatic heterocycles. The molecule has 1 saturated carbocycles. The van der Waals surface area contributed by atoms with Crippen molar-refractivity contribution in [3.8, 4) is 0 Å². The van der Waals surface area contributed by atoms with Gasteiger partial charge in [0.1, 0.15) is 0 Å². The predicted molar refractivity (Wildman–Crippen MR) is 85.6 cm³/mol. The minimum absolute atomic E-state index is 0.0978. The first-order valence-corrected chi connectivity index (χ1v) is 8.34. The van der Waals surface area contributed by atoms with Crippen LogP contribution in [0, 0.1) is 5.92 Å². The summed E-state index contributed by atoms with van der Waals surface area (Å²) in [5.74, 6) is 0.313. The van der Waals surface area contributed by atoms with E-state index in [-0.39, 0.29) is 11.8 Å². The van der Waals surface area contributed by atoms with E-state index in [2.05, 4.69) is 10.2 Å². The highest BCUT2D eigenvalue weighted by molar-refractivity contribution is 6.35. The largest absolute Gasteiger partial charge is 0.353 e. The van der Waals surface area contributed by atoms with Gasteiger partial charge in [0.2, 0.25) is 5.91 Å². The minimum atomic E-state index is 0.0978. The van der Waals surface area contributed by atoms with Crippen molar-refractivity contribution in [2.45, 2.75) is 38.3 Å². The van der Waals surface area contributed by atoms with Crippen LogP contribution in [-0.4, -0.2) is 29.9 Å². The molecule has 114 valence electrons. The molecular weight excluding hydrogens is 307 g/mol. The van der Waals surface area contributed by atoms with Crippen LogP contribution in [0.25, 0.3) is 0 Å². The molecule has 1 amide bonds. The molecule has 3 nitrogen and oxygen atoms in total. The van der Waals surface area contributed by atoms with Crippen LogP contribution in [-0.2, 0) is 11.3 Å². The van der Waals surface area contributed by atoms with Crippen molar-refractivity contribution in [3.05, 3.63) is 33.8 Å². The molecule has 0 spiro atoms. The topological polar surface area (TPSA) is 32.3 Å². The lowest BCUT2D eigenvalue weighted by atomic mass is 9.96. The second-order valence-corrected chi connectivity index (χ2v) is 6.87. The zero-order chi connectivity index (χ0) is 14.8. The maximum atomic E-state index is 12.2. The first kappa shape index (κ1) is 15.1. The number of amides is 1. The summed E-state index contributed by atoms with van der Waals surface area (Å²) in [4.78, 5) is 14.5. The SMILES string of the molecule is O=C(NC1CC1)[C@H]1CCCN(Cc2c(Cl)cccc2Cl)C1. The number of halogens is 2. The van der Waals surface area contributed by atoms with Crippen LogP contribution >= 0.6 is 23.2 Å². The fourth-order valence-electron chi connectivity index (χ4n) is 2.87. The van der Waals surface area contributed by atoms with Gasteiger partial charge in [0.05, 0.1) is 5.92 Å². The Hall–Kier alpha value is -0.770. The van der Waals surface area contributed by atoms with Gasteiger partial charge < -0.3 is 5.32 Å². The number of carbonyl (C=O) groups excluding carboxylic acids is 1. The van der Waals surface area contributed by atoms with Crippen LogP contribution in [0.2, 0.25) is 10.0 Å². The molecule has 1 aliphatic heterocycles. The van der Waals surface area contributed by atoms with E-state index in [1.165, 1.54) is 0 Å². The van der Waals surface area contributed by atoms with E-state index >= 15 is 0 Å². The van der Waals surface area contributed by atoms with Crippen molar-refractivity contribution in [3.63, 3.8) is 0 Å². The minimum Gasteiger partial charge on any atom is -0.353 e. The van der Waals surface area contributed by atoms with Gasteiger partial charge in [-0.1, -0.05) is 29.3 Å². The van der Waals surface area contributed by atoms with E-state index in [1.54, 1.807) is 0 Å². The number of hydrogen-bond donors (Lipinski definition) is 1. The molecule has 1 atom stereocenters. The van der Waals surface area contributed by atoms with Gasteiger partial charge in [0, 0.05) is 34.7 Å². The van der Waals surface area contributed by atoms with Crippen LogP contribution in [0.1, 0.15) is 31.2 Å². The Morgan fingerprint density at radius 3 is 2.62 bits per heavy atom. The average molecular weight is 327 g/mol. The zero-order valence-electron chi connectivity index (χ0n) is 11.9. The Kier molecular flexibility index (Phi) is 4.72. The van der Waals surface area contributed by atoms with Gasteiger partial charge in [-0.15, -0.1) is 0 Å². The Bertz CT molecular complexity index is 511. The molecule has 0 radical (unpaired) electrons. The van der Waals surface area contributed by atoms with Crippen LogP contribution in [0.3, 0.4) is 0 Å². The highest BCUT2D eigenvalue weighted by Crippen LogP contribution is 2.28. The summed E-state index contributed by atoms with van der Waals surface area (Å²) in [6, 6.07) is 6.02. The molecular formula is C16H20Cl2N2O. The van der Waals surface area contributed by atoms with Crippen molar-refractivity contribution in [2.24, 2.45) is 5.92 Å². The van der Waals surface area contributed by atoms with Crippen molar-refractivity contribution < 1.29 is 4.79 Å². The Morgan fingerprint density at radius 1 is 1.24 bits per heavy atom. The molecule has 5 heteroatoms. The maximum Gasteiger partial charge on any atom is 0.224 e. The molecule has 1 aliphatic carbocycles.